The first-order chi connectivity index (χ1) is 15.9. The molecule has 1 aliphatic heterocycles. The molecular formula is C25H22Cl4N2O2. The van der Waals surface area contributed by atoms with Crippen molar-refractivity contribution in [2.24, 2.45) is 0 Å². The van der Waals surface area contributed by atoms with Crippen LogP contribution in [-0.2, 0) is 9.53 Å². The van der Waals surface area contributed by atoms with E-state index in [0.717, 1.165) is 11.3 Å². The van der Waals surface area contributed by atoms with E-state index in [0.29, 0.717) is 45.3 Å². The molecule has 4 rings (SSSR count). The minimum absolute atomic E-state index is 0.133. The average molecular weight is 524 g/mol. The van der Waals surface area contributed by atoms with Crippen molar-refractivity contribution >= 4 is 58.0 Å². The second-order valence-corrected chi connectivity index (χ2v) is 9.47. The lowest BCUT2D eigenvalue weighted by Crippen LogP contribution is -2.52. The van der Waals surface area contributed by atoms with Gasteiger partial charge >= 0.3 is 0 Å². The molecule has 1 saturated heterocycles. The zero-order valence-corrected chi connectivity index (χ0v) is 20.9. The predicted octanol–water partition coefficient (Wildman–Crippen LogP) is 7.08. The van der Waals surface area contributed by atoms with Crippen molar-refractivity contribution in [3.8, 4) is 0 Å². The molecule has 33 heavy (non-hydrogen) atoms. The monoisotopic (exact) mass is 522 g/mol. The van der Waals surface area contributed by atoms with Crippen LogP contribution in [0.15, 0.2) is 66.7 Å². The Kier molecular flexibility index (Phi) is 7.72. The number of hydrogen-bond donors (Lipinski definition) is 0. The van der Waals surface area contributed by atoms with Crippen LogP contribution >= 0.6 is 46.4 Å². The fourth-order valence-corrected chi connectivity index (χ4v) is 5.05. The third kappa shape index (κ3) is 5.26. The van der Waals surface area contributed by atoms with Gasteiger partial charge in [0.05, 0.1) is 16.8 Å². The molecule has 1 fully saturated rings. The van der Waals surface area contributed by atoms with E-state index in [-0.39, 0.29) is 11.9 Å². The second-order valence-electron chi connectivity index (χ2n) is 7.78. The standard InChI is InChI=1S/C25H22Cl4N2O2/c1-33-24(19-4-2-3-5-20(19)28)25(32)30-12-13-31(22-11-10-18(27)14-21(22)29)23(15-30)16-6-8-17(26)9-7-16/h2-11,14,23-24H,12-13,15H2,1H3. The van der Waals surface area contributed by atoms with Crippen molar-refractivity contribution < 1.29 is 9.53 Å². The summed E-state index contributed by atoms with van der Waals surface area (Å²) in [6.45, 7) is 1.54. The summed E-state index contributed by atoms with van der Waals surface area (Å²) >= 11 is 25.1. The first kappa shape index (κ1) is 24.2. The van der Waals surface area contributed by atoms with Crippen molar-refractivity contribution in [3.05, 3.63) is 97.9 Å². The molecule has 8 heteroatoms. The van der Waals surface area contributed by atoms with E-state index >= 15 is 0 Å². The van der Waals surface area contributed by atoms with Gasteiger partial charge in [-0.1, -0.05) is 76.7 Å². The lowest BCUT2D eigenvalue weighted by atomic mass is 10.00. The van der Waals surface area contributed by atoms with Crippen LogP contribution in [0.5, 0.6) is 0 Å². The van der Waals surface area contributed by atoms with E-state index < -0.39 is 6.10 Å². The maximum Gasteiger partial charge on any atom is 0.256 e. The summed E-state index contributed by atoms with van der Waals surface area (Å²) in [7, 11) is 1.52. The van der Waals surface area contributed by atoms with Gasteiger partial charge in [0.25, 0.3) is 5.91 Å². The Bertz CT molecular complexity index is 1140. The van der Waals surface area contributed by atoms with Crippen LogP contribution in [0, 0.1) is 0 Å². The normalized spacial score (nSPS) is 17.2. The third-order valence-corrected chi connectivity index (χ3v) is 6.95. The number of nitrogens with zero attached hydrogens (tertiary/aromatic N) is 2. The molecule has 0 spiro atoms. The predicted molar refractivity (Wildman–Crippen MR) is 136 cm³/mol. The van der Waals surface area contributed by atoms with E-state index in [1.165, 1.54) is 7.11 Å². The molecule has 3 aromatic carbocycles. The van der Waals surface area contributed by atoms with Gasteiger partial charge in [-0.05, 0) is 42.0 Å². The van der Waals surface area contributed by atoms with Gasteiger partial charge in [-0.2, -0.15) is 0 Å². The highest BCUT2D eigenvalue weighted by atomic mass is 35.5. The Labute approximate surface area is 213 Å². The summed E-state index contributed by atoms with van der Waals surface area (Å²) < 4.78 is 5.59. The molecule has 1 heterocycles. The van der Waals surface area contributed by atoms with Crippen molar-refractivity contribution in [3.63, 3.8) is 0 Å². The lowest BCUT2D eigenvalue weighted by molar-refractivity contribution is -0.143. The molecule has 0 aromatic heterocycles. The van der Waals surface area contributed by atoms with Gasteiger partial charge in [0.15, 0.2) is 6.10 Å². The van der Waals surface area contributed by atoms with Gasteiger partial charge < -0.3 is 14.5 Å². The number of piperazine rings is 1. The molecule has 0 saturated carbocycles. The van der Waals surface area contributed by atoms with Gasteiger partial charge in [0.2, 0.25) is 0 Å². The van der Waals surface area contributed by atoms with Crippen LogP contribution in [0.1, 0.15) is 23.3 Å². The van der Waals surface area contributed by atoms with E-state index in [1.54, 1.807) is 12.1 Å². The minimum atomic E-state index is -0.782. The van der Waals surface area contributed by atoms with Crippen LogP contribution in [0.4, 0.5) is 5.69 Å². The Balaban J connectivity index is 1.66. The molecule has 0 N–H and O–H groups in total. The molecule has 1 aliphatic rings. The van der Waals surface area contributed by atoms with Crippen molar-refractivity contribution in [2.75, 3.05) is 31.6 Å². The summed E-state index contributed by atoms with van der Waals surface area (Å²) in [4.78, 5) is 17.5. The number of hydrogen-bond acceptors (Lipinski definition) is 3. The number of anilines is 1. The number of methoxy groups -OCH3 is 1. The highest BCUT2D eigenvalue weighted by Gasteiger charge is 2.35. The van der Waals surface area contributed by atoms with Crippen LogP contribution in [-0.4, -0.2) is 37.6 Å². The van der Waals surface area contributed by atoms with E-state index in [2.05, 4.69) is 4.90 Å². The maximum absolute atomic E-state index is 13.5. The molecule has 2 atom stereocenters. The topological polar surface area (TPSA) is 32.8 Å². The molecule has 0 radical (unpaired) electrons. The molecule has 1 amide bonds. The molecule has 3 aromatic rings. The average Bonchev–Trinajstić information content (AvgIpc) is 2.81. The first-order valence-corrected chi connectivity index (χ1v) is 11.9. The Hall–Kier alpha value is -1.95. The SMILES string of the molecule is COC(C(=O)N1CCN(c2ccc(Cl)cc2Cl)C(c2ccc(Cl)cc2)C1)c1ccccc1Cl. The van der Waals surface area contributed by atoms with Crippen LogP contribution < -0.4 is 4.90 Å². The van der Waals surface area contributed by atoms with Gasteiger partial charge in [-0.25, -0.2) is 0 Å². The smallest absolute Gasteiger partial charge is 0.256 e. The lowest BCUT2D eigenvalue weighted by Gasteiger charge is -2.44. The quantitative estimate of drug-likeness (QED) is 0.358. The summed E-state index contributed by atoms with van der Waals surface area (Å²) in [6, 6.07) is 20.2. The number of amides is 1. The van der Waals surface area contributed by atoms with E-state index in [4.69, 9.17) is 51.1 Å². The van der Waals surface area contributed by atoms with Crippen LogP contribution in [0.25, 0.3) is 0 Å². The maximum atomic E-state index is 13.5. The summed E-state index contributed by atoms with van der Waals surface area (Å²) in [5, 5.41) is 2.28. The molecule has 0 aliphatic carbocycles. The summed E-state index contributed by atoms with van der Waals surface area (Å²) in [5.41, 5.74) is 2.54. The van der Waals surface area contributed by atoms with Crippen molar-refractivity contribution in [1.82, 2.24) is 4.90 Å². The van der Waals surface area contributed by atoms with Crippen molar-refractivity contribution in [2.45, 2.75) is 12.1 Å². The van der Waals surface area contributed by atoms with Gasteiger partial charge in [0, 0.05) is 47.4 Å². The van der Waals surface area contributed by atoms with Crippen molar-refractivity contribution in [1.29, 1.82) is 0 Å². The highest BCUT2D eigenvalue weighted by Crippen LogP contribution is 2.38. The van der Waals surface area contributed by atoms with Crippen LogP contribution in [0.3, 0.4) is 0 Å². The molecule has 172 valence electrons. The number of halogens is 4. The molecular weight excluding hydrogens is 502 g/mol. The Morgan fingerprint density at radius 2 is 1.61 bits per heavy atom. The Morgan fingerprint density at radius 3 is 2.27 bits per heavy atom. The summed E-state index contributed by atoms with van der Waals surface area (Å²) in [5.74, 6) is -0.133. The minimum Gasteiger partial charge on any atom is -0.367 e. The van der Waals surface area contributed by atoms with Gasteiger partial charge in [-0.3, -0.25) is 4.79 Å². The second kappa shape index (κ2) is 10.5. The molecule has 4 nitrogen and oxygen atoms in total. The van der Waals surface area contributed by atoms with E-state index in [1.807, 2.05) is 59.5 Å². The van der Waals surface area contributed by atoms with E-state index in [9.17, 15) is 4.79 Å². The Morgan fingerprint density at radius 1 is 0.909 bits per heavy atom. The first-order valence-electron chi connectivity index (χ1n) is 10.4. The van der Waals surface area contributed by atoms with Gasteiger partial charge in [-0.15, -0.1) is 0 Å². The molecule has 2 unspecified atom stereocenters. The zero-order chi connectivity index (χ0) is 23.5. The largest absolute Gasteiger partial charge is 0.367 e. The molecule has 0 bridgehead atoms. The summed E-state index contributed by atoms with van der Waals surface area (Å²) in [6.07, 6.45) is -0.782. The number of carbonyl (C=O) groups is 1. The number of ether oxygens (including phenoxy) is 1. The fourth-order valence-electron chi connectivity index (χ4n) is 4.17. The van der Waals surface area contributed by atoms with Crippen LogP contribution in [0.2, 0.25) is 20.1 Å². The number of carbonyl (C=O) groups excluding carboxylic acids is 1. The number of benzene rings is 3. The number of rotatable bonds is 5. The third-order valence-electron chi connectivity index (χ3n) is 5.81. The highest BCUT2D eigenvalue weighted by molar-refractivity contribution is 6.36. The van der Waals surface area contributed by atoms with Gasteiger partial charge in [0.1, 0.15) is 0 Å². The zero-order valence-electron chi connectivity index (χ0n) is 17.8. The fraction of sp³-hybridized carbons (Fsp3) is 0.240.